The minimum atomic E-state index is 0.301. The molecule has 0 aliphatic carbocycles. The van der Waals surface area contributed by atoms with Crippen molar-refractivity contribution in [3.8, 4) is 17.5 Å². The maximum Gasteiger partial charge on any atom is 0.223 e. The summed E-state index contributed by atoms with van der Waals surface area (Å²) >= 11 is 0. The molecule has 24 heavy (non-hydrogen) atoms. The van der Waals surface area contributed by atoms with E-state index in [0.717, 1.165) is 36.8 Å². The van der Waals surface area contributed by atoms with Crippen molar-refractivity contribution < 1.29 is 0 Å². The summed E-state index contributed by atoms with van der Waals surface area (Å²) in [4.78, 5) is 8.86. The van der Waals surface area contributed by atoms with Crippen LogP contribution in [0.25, 0.3) is 22.3 Å². The third kappa shape index (κ3) is 2.68. The van der Waals surface area contributed by atoms with Crippen molar-refractivity contribution in [2.24, 2.45) is 0 Å². The van der Waals surface area contributed by atoms with Gasteiger partial charge in [0.25, 0.3) is 0 Å². The third-order valence-electron chi connectivity index (χ3n) is 4.23. The maximum absolute atomic E-state index is 9.40. The molecular formula is C17H17N7. The first-order valence-corrected chi connectivity index (χ1v) is 8.03. The molecule has 4 rings (SSSR count). The molecule has 1 aliphatic rings. The predicted octanol–water partition coefficient (Wildman–Crippen LogP) is 2.06. The van der Waals surface area contributed by atoms with Crippen molar-refractivity contribution in [1.82, 2.24) is 25.5 Å². The molecule has 7 heteroatoms. The number of H-pyrrole nitrogens is 1. The second-order valence-electron chi connectivity index (χ2n) is 5.87. The van der Waals surface area contributed by atoms with Crippen LogP contribution in [0.2, 0.25) is 0 Å². The molecule has 3 heterocycles. The number of para-hydroxylation sites is 1. The average Bonchev–Trinajstić information content (AvgIpc) is 3.06. The van der Waals surface area contributed by atoms with Gasteiger partial charge in [-0.25, -0.2) is 9.97 Å². The van der Waals surface area contributed by atoms with E-state index >= 15 is 0 Å². The Labute approximate surface area is 139 Å². The lowest BCUT2D eigenvalue weighted by molar-refractivity contribution is 0.478. The molecule has 0 radical (unpaired) electrons. The lowest BCUT2D eigenvalue weighted by Gasteiger charge is -2.23. The molecule has 1 fully saturated rings. The van der Waals surface area contributed by atoms with Crippen LogP contribution in [0.5, 0.6) is 0 Å². The van der Waals surface area contributed by atoms with E-state index in [1.807, 2.05) is 24.3 Å². The fourth-order valence-corrected chi connectivity index (χ4v) is 3.02. The number of benzene rings is 1. The minimum Gasteiger partial charge on any atom is -0.350 e. The van der Waals surface area contributed by atoms with Crippen molar-refractivity contribution in [2.75, 3.05) is 18.4 Å². The molecule has 1 atom stereocenters. The molecule has 1 saturated heterocycles. The Hall–Kier alpha value is -2.98. The van der Waals surface area contributed by atoms with Gasteiger partial charge in [-0.3, -0.25) is 5.10 Å². The molecule has 1 aromatic carbocycles. The van der Waals surface area contributed by atoms with Crippen molar-refractivity contribution >= 4 is 16.9 Å². The number of nitriles is 1. The molecule has 0 unspecified atom stereocenters. The fraction of sp³-hybridized carbons (Fsp3) is 0.294. The van der Waals surface area contributed by atoms with E-state index in [1.165, 1.54) is 0 Å². The lowest BCUT2D eigenvalue weighted by Crippen LogP contribution is -2.38. The van der Waals surface area contributed by atoms with E-state index in [9.17, 15) is 5.26 Å². The van der Waals surface area contributed by atoms with Gasteiger partial charge in [0.1, 0.15) is 17.5 Å². The molecule has 2 aromatic heterocycles. The zero-order chi connectivity index (χ0) is 16.4. The minimum absolute atomic E-state index is 0.301. The van der Waals surface area contributed by atoms with E-state index in [1.54, 1.807) is 6.20 Å². The zero-order valence-electron chi connectivity index (χ0n) is 13.1. The summed E-state index contributed by atoms with van der Waals surface area (Å²) in [6.07, 6.45) is 3.77. The van der Waals surface area contributed by atoms with Crippen LogP contribution in [0.3, 0.4) is 0 Å². The molecule has 3 aromatic rings. The normalized spacial score (nSPS) is 17.5. The van der Waals surface area contributed by atoms with Crippen molar-refractivity contribution in [2.45, 2.75) is 18.9 Å². The average molecular weight is 319 g/mol. The Kier molecular flexibility index (Phi) is 3.81. The number of rotatable bonds is 3. The SMILES string of the molecule is N#Cc1cnc(N[C@H]2CCCNC2)nc1-c1n[nH]c2ccccc12. The number of piperidine rings is 1. The van der Waals surface area contributed by atoms with E-state index in [0.29, 0.717) is 28.9 Å². The lowest BCUT2D eigenvalue weighted by atomic mass is 10.1. The Morgan fingerprint density at radius 3 is 3.00 bits per heavy atom. The Morgan fingerprint density at radius 2 is 2.17 bits per heavy atom. The highest BCUT2D eigenvalue weighted by Gasteiger charge is 2.18. The zero-order valence-corrected chi connectivity index (χ0v) is 13.1. The summed E-state index contributed by atoms with van der Waals surface area (Å²) in [5.74, 6) is 0.532. The number of aromatic nitrogens is 4. The van der Waals surface area contributed by atoms with Gasteiger partial charge in [0.15, 0.2) is 0 Å². The van der Waals surface area contributed by atoms with Gasteiger partial charge in [0.2, 0.25) is 5.95 Å². The van der Waals surface area contributed by atoms with E-state index in [4.69, 9.17) is 0 Å². The van der Waals surface area contributed by atoms with Crippen LogP contribution in [0, 0.1) is 11.3 Å². The van der Waals surface area contributed by atoms with E-state index in [2.05, 4.69) is 36.9 Å². The number of nitrogens with one attached hydrogen (secondary N) is 3. The standard InChI is InChI=1S/C17H17N7/c18-8-11-9-20-17(21-12-4-3-7-19-10-12)22-15(11)16-13-5-1-2-6-14(13)23-24-16/h1-2,5-6,9,12,19H,3-4,7,10H2,(H,23,24)(H,20,21,22)/t12-/m0/s1. The van der Waals surface area contributed by atoms with Gasteiger partial charge in [-0.05, 0) is 25.5 Å². The first kappa shape index (κ1) is 14.6. The first-order valence-electron chi connectivity index (χ1n) is 8.03. The van der Waals surface area contributed by atoms with Crippen molar-refractivity contribution in [3.63, 3.8) is 0 Å². The quantitative estimate of drug-likeness (QED) is 0.683. The number of nitrogens with zero attached hydrogens (tertiary/aromatic N) is 4. The second kappa shape index (κ2) is 6.26. The molecule has 0 amide bonds. The maximum atomic E-state index is 9.40. The van der Waals surface area contributed by atoms with Gasteiger partial charge < -0.3 is 10.6 Å². The number of hydrogen-bond acceptors (Lipinski definition) is 6. The highest BCUT2D eigenvalue weighted by Crippen LogP contribution is 2.27. The molecular weight excluding hydrogens is 302 g/mol. The van der Waals surface area contributed by atoms with Crippen LogP contribution in [-0.2, 0) is 0 Å². The summed E-state index contributed by atoms with van der Waals surface area (Å²) in [7, 11) is 0. The molecule has 1 aliphatic heterocycles. The highest BCUT2D eigenvalue weighted by atomic mass is 15.2. The van der Waals surface area contributed by atoms with Crippen LogP contribution in [0.15, 0.2) is 30.5 Å². The summed E-state index contributed by atoms with van der Waals surface area (Å²) in [6, 6.07) is 10.3. The van der Waals surface area contributed by atoms with Crippen LogP contribution >= 0.6 is 0 Å². The monoisotopic (exact) mass is 319 g/mol. The number of fused-ring (bicyclic) bond motifs is 1. The van der Waals surface area contributed by atoms with Gasteiger partial charge in [-0.1, -0.05) is 18.2 Å². The Bertz CT molecular complexity index is 903. The predicted molar refractivity (Wildman–Crippen MR) is 91.3 cm³/mol. The fourth-order valence-electron chi connectivity index (χ4n) is 3.02. The number of aromatic amines is 1. The van der Waals surface area contributed by atoms with Crippen LogP contribution in [0.1, 0.15) is 18.4 Å². The molecule has 7 nitrogen and oxygen atoms in total. The largest absolute Gasteiger partial charge is 0.350 e. The molecule has 120 valence electrons. The molecule has 3 N–H and O–H groups in total. The summed E-state index contributed by atoms with van der Waals surface area (Å²) in [6.45, 7) is 1.95. The van der Waals surface area contributed by atoms with Crippen LogP contribution in [0.4, 0.5) is 5.95 Å². The summed E-state index contributed by atoms with van der Waals surface area (Å²) in [5, 5.41) is 24.4. The number of anilines is 1. The van der Waals surface area contributed by atoms with Crippen LogP contribution in [-0.4, -0.2) is 39.3 Å². The molecule has 0 spiro atoms. The van der Waals surface area contributed by atoms with Gasteiger partial charge >= 0.3 is 0 Å². The van der Waals surface area contributed by atoms with Gasteiger partial charge in [-0.2, -0.15) is 10.4 Å². The highest BCUT2D eigenvalue weighted by molar-refractivity contribution is 5.93. The molecule has 0 saturated carbocycles. The summed E-state index contributed by atoms with van der Waals surface area (Å²) in [5.41, 5.74) is 2.56. The smallest absolute Gasteiger partial charge is 0.223 e. The van der Waals surface area contributed by atoms with Crippen molar-refractivity contribution in [1.29, 1.82) is 5.26 Å². The van der Waals surface area contributed by atoms with Crippen molar-refractivity contribution in [3.05, 3.63) is 36.0 Å². The van der Waals surface area contributed by atoms with Gasteiger partial charge in [-0.15, -0.1) is 0 Å². The number of hydrogen-bond donors (Lipinski definition) is 3. The Morgan fingerprint density at radius 1 is 1.25 bits per heavy atom. The van der Waals surface area contributed by atoms with Gasteiger partial charge in [0, 0.05) is 18.0 Å². The first-order chi connectivity index (χ1) is 11.8. The topological polar surface area (TPSA) is 102 Å². The van der Waals surface area contributed by atoms with E-state index in [-0.39, 0.29) is 0 Å². The van der Waals surface area contributed by atoms with Crippen LogP contribution < -0.4 is 10.6 Å². The third-order valence-corrected chi connectivity index (χ3v) is 4.23. The second-order valence-corrected chi connectivity index (χ2v) is 5.87. The summed E-state index contributed by atoms with van der Waals surface area (Å²) < 4.78 is 0. The molecule has 0 bridgehead atoms. The van der Waals surface area contributed by atoms with E-state index < -0.39 is 0 Å². The Balaban J connectivity index is 1.73. The van der Waals surface area contributed by atoms with Gasteiger partial charge in [0.05, 0.1) is 17.3 Å².